The van der Waals surface area contributed by atoms with Crippen LogP contribution in [0.15, 0.2) is 24.8 Å². The average molecular weight is 563 g/mol. The van der Waals surface area contributed by atoms with Gasteiger partial charge in [0.25, 0.3) is 0 Å². The van der Waals surface area contributed by atoms with Crippen LogP contribution in [0, 0.1) is 5.92 Å². The number of carbonyl (C=O) groups excluding carboxylic acids is 1. The van der Waals surface area contributed by atoms with Gasteiger partial charge in [-0.2, -0.15) is 0 Å². The zero-order valence-corrected chi connectivity index (χ0v) is 26.5. The first kappa shape index (κ1) is 38.4. The molecule has 0 amide bonds. The van der Waals surface area contributed by atoms with Crippen molar-refractivity contribution in [2.24, 2.45) is 5.92 Å². The molecule has 0 heterocycles. The molecule has 0 aromatic heterocycles. The van der Waals surface area contributed by atoms with Gasteiger partial charge < -0.3 is 9.84 Å². The summed E-state index contributed by atoms with van der Waals surface area (Å²) in [6, 6.07) is 0. The summed E-state index contributed by atoms with van der Waals surface area (Å²) in [6.07, 6.45) is 40.0. The molecule has 0 fully saturated rings. The van der Waals surface area contributed by atoms with Gasteiger partial charge in [0, 0.05) is 0 Å². The SMILES string of the molecule is C=CCOC(=O)CC(CCCCCCCCCCCCCCCCCCCCCCCC/C=C/CCC)C(=O)O. The second-order valence-corrected chi connectivity index (χ2v) is 11.8. The highest BCUT2D eigenvalue weighted by atomic mass is 16.5. The highest BCUT2D eigenvalue weighted by Crippen LogP contribution is 2.18. The number of hydrogen-bond acceptors (Lipinski definition) is 3. The van der Waals surface area contributed by atoms with E-state index in [1.165, 1.54) is 147 Å². The van der Waals surface area contributed by atoms with Crippen molar-refractivity contribution in [1.29, 1.82) is 0 Å². The van der Waals surface area contributed by atoms with Crippen LogP contribution in [-0.2, 0) is 14.3 Å². The van der Waals surface area contributed by atoms with Crippen LogP contribution in [-0.4, -0.2) is 23.7 Å². The maximum Gasteiger partial charge on any atom is 0.307 e. The molecule has 0 aliphatic carbocycles. The summed E-state index contributed by atoms with van der Waals surface area (Å²) < 4.78 is 4.91. The van der Waals surface area contributed by atoms with Crippen LogP contribution in [0.1, 0.15) is 180 Å². The van der Waals surface area contributed by atoms with E-state index < -0.39 is 17.9 Å². The van der Waals surface area contributed by atoms with Crippen LogP contribution < -0.4 is 0 Å². The van der Waals surface area contributed by atoms with Gasteiger partial charge in [0.05, 0.1) is 12.3 Å². The van der Waals surface area contributed by atoms with Gasteiger partial charge in [-0.05, 0) is 25.7 Å². The van der Waals surface area contributed by atoms with Crippen molar-refractivity contribution in [3.05, 3.63) is 24.8 Å². The van der Waals surface area contributed by atoms with Gasteiger partial charge >= 0.3 is 11.9 Å². The molecular formula is C36H66O4. The lowest BCUT2D eigenvalue weighted by Gasteiger charge is -2.11. The zero-order valence-electron chi connectivity index (χ0n) is 26.5. The number of ether oxygens (including phenoxy) is 1. The monoisotopic (exact) mass is 562 g/mol. The first-order valence-electron chi connectivity index (χ1n) is 17.3. The van der Waals surface area contributed by atoms with E-state index in [1.54, 1.807) is 0 Å². The molecule has 0 bridgehead atoms. The largest absolute Gasteiger partial charge is 0.481 e. The molecule has 0 aromatic carbocycles. The van der Waals surface area contributed by atoms with Gasteiger partial charge in [-0.3, -0.25) is 9.59 Å². The molecule has 0 aliphatic heterocycles. The number of carboxylic acid groups (broad SMARTS) is 1. The number of allylic oxidation sites excluding steroid dienone is 2. The number of hydrogen-bond donors (Lipinski definition) is 1. The van der Waals surface area contributed by atoms with E-state index in [2.05, 4.69) is 25.7 Å². The van der Waals surface area contributed by atoms with Gasteiger partial charge in [-0.15, -0.1) is 0 Å². The standard InChI is InChI=1S/C36H66O4/c1-3-5-6-7-8-9-10-11-12-13-14-15-16-17-18-19-20-21-22-23-24-25-26-27-28-29-30-31-34(36(38)39)33-35(37)40-32-4-2/h4,6-7,34H,2-3,5,8-33H2,1H3,(H,38,39)/b7-6+. The average Bonchev–Trinajstić information content (AvgIpc) is 2.94. The van der Waals surface area contributed by atoms with Gasteiger partial charge in [0.2, 0.25) is 0 Å². The molecule has 234 valence electrons. The van der Waals surface area contributed by atoms with Gasteiger partial charge in [0.15, 0.2) is 0 Å². The molecular weight excluding hydrogens is 496 g/mol. The van der Waals surface area contributed by atoms with Crippen molar-refractivity contribution < 1.29 is 19.4 Å². The lowest BCUT2D eigenvalue weighted by Crippen LogP contribution is -2.19. The third-order valence-electron chi connectivity index (χ3n) is 7.92. The zero-order chi connectivity index (χ0) is 29.4. The fourth-order valence-corrected chi connectivity index (χ4v) is 5.32. The summed E-state index contributed by atoms with van der Waals surface area (Å²) in [5.41, 5.74) is 0. The molecule has 0 saturated heterocycles. The van der Waals surface area contributed by atoms with Crippen molar-refractivity contribution in [3.8, 4) is 0 Å². The summed E-state index contributed by atoms with van der Waals surface area (Å²) >= 11 is 0. The summed E-state index contributed by atoms with van der Waals surface area (Å²) in [5, 5.41) is 9.32. The Morgan fingerprint density at radius 3 is 1.38 bits per heavy atom. The number of rotatable bonds is 32. The van der Waals surface area contributed by atoms with Crippen LogP contribution >= 0.6 is 0 Å². The fourth-order valence-electron chi connectivity index (χ4n) is 5.32. The summed E-state index contributed by atoms with van der Waals surface area (Å²) in [6.45, 7) is 5.88. The molecule has 1 unspecified atom stereocenters. The van der Waals surface area contributed by atoms with Crippen molar-refractivity contribution in [3.63, 3.8) is 0 Å². The topological polar surface area (TPSA) is 63.6 Å². The van der Waals surface area contributed by atoms with Gasteiger partial charge in [-0.25, -0.2) is 0 Å². The molecule has 0 rings (SSSR count). The molecule has 0 radical (unpaired) electrons. The Morgan fingerprint density at radius 2 is 1.00 bits per heavy atom. The first-order chi connectivity index (χ1) is 19.6. The number of unbranched alkanes of at least 4 members (excludes halogenated alkanes) is 23. The molecule has 1 atom stereocenters. The Hall–Kier alpha value is -1.58. The minimum Gasteiger partial charge on any atom is -0.481 e. The van der Waals surface area contributed by atoms with Crippen LogP contribution in [0.2, 0.25) is 0 Å². The molecule has 0 saturated carbocycles. The van der Waals surface area contributed by atoms with Crippen molar-refractivity contribution in [2.45, 2.75) is 180 Å². The fraction of sp³-hybridized carbons (Fsp3) is 0.833. The molecule has 0 aliphatic rings. The summed E-state index contributed by atoms with van der Waals surface area (Å²) in [5.74, 6) is -1.98. The van der Waals surface area contributed by atoms with Crippen molar-refractivity contribution in [2.75, 3.05) is 6.61 Å². The molecule has 40 heavy (non-hydrogen) atoms. The van der Waals surface area contributed by atoms with Gasteiger partial charge in [-0.1, -0.05) is 173 Å². The Morgan fingerprint density at radius 1 is 0.625 bits per heavy atom. The van der Waals surface area contributed by atoms with Crippen LogP contribution in [0.4, 0.5) is 0 Å². The number of esters is 1. The second-order valence-electron chi connectivity index (χ2n) is 11.8. The van der Waals surface area contributed by atoms with E-state index in [4.69, 9.17) is 4.74 Å². The highest BCUT2D eigenvalue weighted by Gasteiger charge is 2.21. The van der Waals surface area contributed by atoms with E-state index in [0.29, 0.717) is 6.42 Å². The molecule has 0 aromatic rings. The maximum absolute atomic E-state index is 11.6. The predicted octanol–water partition coefficient (Wildman–Crippen LogP) is 11.5. The number of carbonyl (C=O) groups is 2. The van der Waals surface area contributed by atoms with Crippen molar-refractivity contribution in [1.82, 2.24) is 0 Å². The van der Waals surface area contributed by atoms with Crippen LogP contribution in [0.3, 0.4) is 0 Å². The minimum atomic E-state index is -0.899. The quantitative estimate of drug-likeness (QED) is 0.0503. The second kappa shape index (κ2) is 31.9. The molecule has 1 N–H and O–H groups in total. The van der Waals surface area contributed by atoms with Crippen molar-refractivity contribution >= 4 is 11.9 Å². The summed E-state index contributed by atoms with van der Waals surface area (Å²) in [4.78, 5) is 23.0. The lowest BCUT2D eigenvalue weighted by atomic mass is 9.97. The normalized spacial score (nSPS) is 12.1. The predicted molar refractivity (Wildman–Crippen MR) is 172 cm³/mol. The Kier molecular flexibility index (Phi) is 30.7. The van der Waals surface area contributed by atoms with E-state index >= 15 is 0 Å². The smallest absolute Gasteiger partial charge is 0.307 e. The lowest BCUT2D eigenvalue weighted by molar-refractivity contribution is -0.151. The minimum absolute atomic E-state index is 0.0404. The van der Waals surface area contributed by atoms with E-state index in [0.717, 1.165) is 19.3 Å². The Labute approximate surface area is 248 Å². The third-order valence-corrected chi connectivity index (χ3v) is 7.92. The molecule has 4 nitrogen and oxygen atoms in total. The number of carboxylic acids is 1. The first-order valence-corrected chi connectivity index (χ1v) is 17.3. The van der Waals surface area contributed by atoms with E-state index in [-0.39, 0.29) is 13.0 Å². The highest BCUT2D eigenvalue weighted by molar-refractivity contribution is 5.78. The Balaban J connectivity index is 3.28. The molecule has 0 spiro atoms. The number of aliphatic carboxylic acids is 1. The van der Waals surface area contributed by atoms with Gasteiger partial charge in [0.1, 0.15) is 6.61 Å². The van der Waals surface area contributed by atoms with E-state index in [9.17, 15) is 14.7 Å². The third kappa shape index (κ3) is 29.4. The molecule has 4 heteroatoms. The maximum atomic E-state index is 11.6. The van der Waals surface area contributed by atoms with E-state index in [1.807, 2.05) is 0 Å². The summed E-state index contributed by atoms with van der Waals surface area (Å²) in [7, 11) is 0. The Bertz CT molecular complexity index is 598. The van der Waals surface area contributed by atoms with Crippen LogP contribution in [0.25, 0.3) is 0 Å². The van der Waals surface area contributed by atoms with Crippen LogP contribution in [0.5, 0.6) is 0 Å².